The first-order chi connectivity index (χ1) is 14.4. The van der Waals surface area contributed by atoms with Crippen molar-refractivity contribution < 1.29 is 13.2 Å². The van der Waals surface area contributed by atoms with Crippen LogP contribution in [-0.2, 0) is 20.4 Å². The van der Waals surface area contributed by atoms with E-state index in [4.69, 9.17) is 5.26 Å². The molecule has 1 unspecified atom stereocenters. The fraction of sp³-hybridized carbons (Fsp3) is 0.300. The Morgan fingerprint density at radius 3 is 2.70 bits per heavy atom. The molecule has 2 heterocycles. The van der Waals surface area contributed by atoms with Crippen molar-refractivity contribution in [2.24, 2.45) is 0 Å². The zero-order valence-electron chi connectivity index (χ0n) is 16.4. The maximum absolute atomic E-state index is 12.6. The number of sulfone groups is 1. The van der Waals surface area contributed by atoms with Gasteiger partial charge in [0.25, 0.3) is 0 Å². The quantitative estimate of drug-likeness (QED) is 0.538. The number of hydrogen-bond donors (Lipinski definition) is 1. The Bertz CT molecular complexity index is 1170. The number of hydrogen-bond acceptors (Lipinski definition) is 7. The van der Waals surface area contributed by atoms with Crippen LogP contribution in [0.25, 0.3) is 5.65 Å². The number of nitriles is 1. The van der Waals surface area contributed by atoms with Gasteiger partial charge in [0.15, 0.2) is 21.3 Å². The lowest BCUT2D eigenvalue weighted by Crippen LogP contribution is -2.35. The van der Waals surface area contributed by atoms with Gasteiger partial charge in [-0.2, -0.15) is 17.0 Å². The molecular formula is C20H21N5O3S2. The van der Waals surface area contributed by atoms with E-state index in [2.05, 4.69) is 15.5 Å². The number of fused-ring (bicyclic) bond motifs is 1. The molecule has 0 fully saturated rings. The van der Waals surface area contributed by atoms with Gasteiger partial charge in [-0.05, 0) is 48.3 Å². The summed E-state index contributed by atoms with van der Waals surface area (Å²) in [6.45, 7) is 0. The molecule has 0 bridgehead atoms. The van der Waals surface area contributed by atoms with Crippen LogP contribution in [0.2, 0.25) is 0 Å². The van der Waals surface area contributed by atoms with E-state index in [1.54, 1.807) is 40.4 Å². The Hall–Kier alpha value is -2.90. The SMILES string of the molecule is CSCCC(NC(=O)CS(=O)(=O)Cc1ccc(C#N)cc1)c1nnc2ccccn12. The predicted octanol–water partition coefficient (Wildman–Crippen LogP) is 2.13. The molecule has 1 atom stereocenters. The second-order valence-electron chi connectivity index (χ2n) is 6.73. The zero-order chi connectivity index (χ0) is 21.6. The van der Waals surface area contributed by atoms with Gasteiger partial charge in [0.2, 0.25) is 5.91 Å². The fourth-order valence-electron chi connectivity index (χ4n) is 3.02. The summed E-state index contributed by atoms with van der Waals surface area (Å²) in [6, 6.07) is 13.3. The van der Waals surface area contributed by atoms with Crippen molar-refractivity contribution in [3.8, 4) is 6.07 Å². The number of nitrogens with one attached hydrogen (secondary N) is 1. The second kappa shape index (κ2) is 9.73. The Balaban J connectivity index is 1.71. The van der Waals surface area contributed by atoms with Gasteiger partial charge >= 0.3 is 0 Å². The number of carbonyl (C=O) groups excluding carboxylic acids is 1. The Morgan fingerprint density at radius 1 is 1.23 bits per heavy atom. The number of carbonyl (C=O) groups is 1. The Kier molecular flexibility index (Phi) is 7.07. The van der Waals surface area contributed by atoms with E-state index in [9.17, 15) is 13.2 Å². The molecule has 10 heteroatoms. The number of thioether (sulfide) groups is 1. The molecule has 0 radical (unpaired) electrons. The molecule has 3 rings (SSSR count). The first kappa shape index (κ1) is 21.8. The van der Waals surface area contributed by atoms with Gasteiger partial charge in [-0.3, -0.25) is 9.20 Å². The molecule has 8 nitrogen and oxygen atoms in total. The van der Waals surface area contributed by atoms with Crippen LogP contribution in [0.3, 0.4) is 0 Å². The van der Waals surface area contributed by atoms with Crippen molar-refractivity contribution >= 4 is 33.2 Å². The first-order valence-electron chi connectivity index (χ1n) is 9.19. The molecule has 0 aliphatic rings. The molecule has 0 saturated heterocycles. The fourth-order valence-corrected chi connectivity index (χ4v) is 4.77. The van der Waals surface area contributed by atoms with E-state index in [0.29, 0.717) is 29.0 Å². The largest absolute Gasteiger partial charge is 0.345 e. The highest BCUT2D eigenvalue weighted by molar-refractivity contribution is 7.98. The van der Waals surface area contributed by atoms with Crippen LogP contribution < -0.4 is 5.32 Å². The second-order valence-corrected chi connectivity index (χ2v) is 9.78. The van der Waals surface area contributed by atoms with Crippen molar-refractivity contribution in [1.82, 2.24) is 19.9 Å². The van der Waals surface area contributed by atoms with Crippen molar-refractivity contribution in [2.45, 2.75) is 18.2 Å². The molecule has 30 heavy (non-hydrogen) atoms. The van der Waals surface area contributed by atoms with Crippen LogP contribution in [0, 0.1) is 11.3 Å². The summed E-state index contributed by atoms with van der Waals surface area (Å²) >= 11 is 1.63. The van der Waals surface area contributed by atoms with E-state index in [0.717, 1.165) is 5.75 Å². The first-order valence-corrected chi connectivity index (χ1v) is 12.4. The summed E-state index contributed by atoms with van der Waals surface area (Å²) in [5.74, 6) is -0.139. The third-order valence-corrected chi connectivity index (χ3v) is 6.54. The molecular weight excluding hydrogens is 422 g/mol. The molecule has 0 saturated carbocycles. The van der Waals surface area contributed by atoms with Gasteiger partial charge in [-0.25, -0.2) is 8.42 Å². The summed E-state index contributed by atoms with van der Waals surface area (Å²) in [4.78, 5) is 12.6. The highest BCUT2D eigenvalue weighted by Gasteiger charge is 2.23. The molecule has 0 aliphatic heterocycles. The lowest BCUT2D eigenvalue weighted by atomic mass is 10.2. The predicted molar refractivity (Wildman–Crippen MR) is 116 cm³/mol. The highest BCUT2D eigenvalue weighted by Crippen LogP contribution is 2.18. The minimum Gasteiger partial charge on any atom is -0.345 e. The lowest BCUT2D eigenvalue weighted by molar-refractivity contribution is -0.119. The van der Waals surface area contributed by atoms with E-state index in [-0.39, 0.29) is 5.75 Å². The van der Waals surface area contributed by atoms with Crippen molar-refractivity contribution in [3.05, 3.63) is 65.6 Å². The van der Waals surface area contributed by atoms with E-state index < -0.39 is 27.5 Å². The molecule has 1 aromatic carbocycles. The van der Waals surface area contributed by atoms with Gasteiger partial charge in [0, 0.05) is 6.20 Å². The third kappa shape index (κ3) is 5.58. The molecule has 0 aliphatic carbocycles. The highest BCUT2D eigenvalue weighted by atomic mass is 32.2. The van der Waals surface area contributed by atoms with Crippen LogP contribution in [0.4, 0.5) is 0 Å². The molecule has 1 N–H and O–H groups in total. The monoisotopic (exact) mass is 443 g/mol. The summed E-state index contributed by atoms with van der Waals surface area (Å²) in [5.41, 5.74) is 1.64. The van der Waals surface area contributed by atoms with Gasteiger partial charge < -0.3 is 5.32 Å². The van der Waals surface area contributed by atoms with Gasteiger partial charge in [0.05, 0.1) is 23.4 Å². The Labute approximate surface area is 179 Å². The summed E-state index contributed by atoms with van der Waals surface area (Å²) < 4.78 is 26.8. The zero-order valence-corrected chi connectivity index (χ0v) is 18.0. The van der Waals surface area contributed by atoms with Crippen LogP contribution in [0.1, 0.15) is 29.4 Å². The minimum atomic E-state index is -3.67. The van der Waals surface area contributed by atoms with Gasteiger partial charge in [-0.1, -0.05) is 18.2 Å². The summed E-state index contributed by atoms with van der Waals surface area (Å²) in [5, 5.41) is 20.0. The van der Waals surface area contributed by atoms with Gasteiger partial charge in [0.1, 0.15) is 5.75 Å². The lowest BCUT2D eigenvalue weighted by Gasteiger charge is -2.17. The average Bonchev–Trinajstić information content (AvgIpc) is 3.15. The van der Waals surface area contributed by atoms with Crippen LogP contribution in [0.5, 0.6) is 0 Å². The van der Waals surface area contributed by atoms with Crippen LogP contribution in [0.15, 0.2) is 48.7 Å². The van der Waals surface area contributed by atoms with Crippen LogP contribution >= 0.6 is 11.8 Å². The minimum absolute atomic E-state index is 0.268. The number of rotatable bonds is 9. The van der Waals surface area contributed by atoms with Crippen LogP contribution in [-0.4, -0.2) is 46.7 Å². The number of nitrogens with zero attached hydrogens (tertiary/aromatic N) is 4. The van der Waals surface area contributed by atoms with E-state index in [1.165, 1.54) is 0 Å². The van der Waals surface area contributed by atoms with Gasteiger partial charge in [-0.15, -0.1) is 10.2 Å². The molecule has 0 spiro atoms. The number of pyridine rings is 1. The molecule has 3 aromatic rings. The standard InChI is InChI=1S/C20H21N5O3S2/c1-29-11-9-17(20-24-23-18-4-2-3-10-25(18)20)22-19(26)14-30(27,28)13-16-7-5-15(12-21)6-8-16/h2-8,10,17H,9,11,13-14H2,1H3,(H,22,26). The molecule has 156 valence electrons. The number of benzene rings is 1. The van der Waals surface area contributed by atoms with E-state index >= 15 is 0 Å². The number of aromatic nitrogens is 3. The smallest absolute Gasteiger partial charge is 0.235 e. The maximum atomic E-state index is 12.6. The average molecular weight is 444 g/mol. The maximum Gasteiger partial charge on any atom is 0.235 e. The summed E-state index contributed by atoms with van der Waals surface area (Å²) in [6.07, 6.45) is 4.37. The Morgan fingerprint density at radius 2 is 2.00 bits per heavy atom. The molecule has 1 amide bonds. The van der Waals surface area contributed by atoms with Crippen molar-refractivity contribution in [1.29, 1.82) is 5.26 Å². The molecule has 2 aromatic heterocycles. The van der Waals surface area contributed by atoms with Crippen molar-refractivity contribution in [2.75, 3.05) is 17.8 Å². The van der Waals surface area contributed by atoms with Crippen molar-refractivity contribution in [3.63, 3.8) is 0 Å². The third-order valence-electron chi connectivity index (χ3n) is 4.42. The normalized spacial score (nSPS) is 12.4. The topological polar surface area (TPSA) is 117 Å². The number of amides is 1. The summed E-state index contributed by atoms with van der Waals surface area (Å²) in [7, 11) is -3.67. The van der Waals surface area contributed by atoms with E-state index in [1.807, 2.05) is 36.7 Å².